The molecule has 0 unspecified atom stereocenters. The van der Waals surface area contributed by atoms with E-state index in [4.69, 9.17) is 14.7 Å². The number of aromatic nitrogens is 3. The highest BCUT2D eigenvalue weighted by molar-refractivity contribution is 5.79. The maximum atomic E-state index is 10.8. The summed E-state index contributed by atoms with van der Waals surface area (Å²) in [5, 5.41) is 10.8. The van der Waals surface area contributed by atoms with Gasteiger partial charge in [0.15, 0.2) is 5.82 Å². The molecule has 0 aliphatic rings. The van der Waals surface area contributed by atoms with Gasteiger partial charge in [-0.3, -0.25) is 0 Å². The molecule has 5 heteroatoms. The van der Waals surface area contributed by atoms with Crippen LogP contribution in [0.25, 0.3) is 56.2 Å². The number of phenols is 1. The summed E-state index contributed by atoms with van der Waals surface area (Å²) in [6.07, 6.45) is 1.71. The van der Waals surface area contributed by atoms with Gasteiger partial charge in [0, 0.05) is 29.0 Å². The summed E-state index contributed by atoms with van der Waals surface area (Å²) < 4.78 is 6.28. The molecule has 0 aliphatic heterocycles. The molecule has 7 aromatic rings. The van der Waals surface area contributed by atoms with Crippen molar-refractivity contribution in [1.29, 1.82) is 0 Å². The topological polar surface area (TPSA) is 68.1 Å². The van der Waals surface area contributed by atoms with Gasteiger partial charge in [0.05, 0.1) is 11.4 Å². The largest absolute Gasteiger partial charge is 0.507 e. The number of aryl methyl sites for hydroxylation is 2. The summed E-state index contributed by atoms with van der Waals surface area (Å²) >= 11 is 0. The molecule has 5 aromatic carbocycles. The molecule has 0 aliphatic carbocycles. The number of ether oxygens (including phenoxy) is 1. The fraction of sp³-hybridized carbons (Fsp3) is 0.0488. The van der Waals surface area contributed by atoms with Crippen LogP contribution in [-0.4, -0.2) is 20.1 Å². The molecule has 0 atom stereocenters. The van der Waals surface area contributed by atoms with E-state index in [1.165, 1.54) is 0 Å². The van der Waals surface area contributed by atoms with Crippen molar-refractivity contribution in [1.82, 2.24) is 15.0 Å². The highest BCUT2D eigenvalue weighted by Crippen LogP contribution is 2.37. The van der Waals surface area contributed by atoms with Crippen LogP contribution in [0.4, 0.5) is 0 Å². The van der Waals surface area contributed by atoms with Gasteiger partial charge < -0.3 is 9.84 Å². The molecule has 2 heterocycles. The summed E-state index contributed by atoms with van der Waals surface area (Å²) in [4.78, 5) is 14.5. The Morgan fingerprint density at radius 1 is 0.522 bits per heavy atom. The van der Waals surface area contributed by atoms with Gasteiger partial charge in [0.1, 0.15) is 11.5 Å². The van der Waals surface area contributed by atoms with Crippen molar-refractivity contribution >= 4 is 0 Å². The van der Waals surface area contributed by atoms with Gasteiger partial charge >= 0.3 is 0 Å². The molecule has 0 saturated heterocycles. The third-order valence-corrected chi connectivity index (χ3v) is 7.99. The molecule has 0 saturated carbocycles. The summed E-state index contributed by atoms with van der Waals surface area (Å²) in [6.45, 7) is 4.17. The van der Waals surface area contributed by atoms with E-state index in [1.54, 1.807) is 18.3 Å². The highest BCUT2D eigenvalue weighted by atomic mass is 16.5. The maximum absolute atomic E-state index is 10.8. The van der Waals surface area contributed by atoms with Gasteiger partial charge in [0.2, 0.25) is 5.88 Å². The molecular weight excluding hydrogens is 566 g/mol. The molecule has 0 spiro atoms. The van der Waals surface area contributed by atoms with Crippen LogP contribution in [0, 0.1) is 13.8 Å². The van der Waals surface area contributed by atoms with Crippen molar-refractivity contribution in [2.45, 2.75) is 13.8 Å². The standard InChI is InChI=1S/C41H31N3O2/c1-27-11-10-12-28(2)40(27)37-26-36(35-15-6-7-16-38(35)45)43-41(44-37)33-23-32(24-34(25-33)46-39-17-8-9-22-42-39)31-20-18-30(19-21-31)29-13-4-3-5-14-29/h3-26,45H,1-2H3. The van der Waals surface area contributed by atoms with Crippen molar-refractivity contribution in [3.8, 4) is 73.5 Å². The van der Waals surface area contributed by atoms with Gasteiger partial charge in [-0.1, -0.05) is 91.0 Å². The van der Waals surface area contributed by atoms with Crippen LogP contribution in [0.5, 0.6) is 17.4 Å². The number of phenolic OH excluding ortho intramolecular Hbond substituents is 1. The van der Waals surface area contributed by atoms with Gasteiger partial charge in [-0.05, 0) is 89.7 Å². The van der Waals surface area contributed by atoms with E-state index in [-0.39, 0.29) is 5.75 Å². The quantitative estimate of drug-likeness (QED) is 0.198. The minimum atomic E-state index is 0.158. The van der Waals surface area contributed by atoms with Gasteiger partial charge in [-0.2, -0.15) is 0 Å². The van der Waals surface area contributed by atoms with Crippen molar-refractivity contribution in [2.75, 3.05) is 0 Å². The first-order chi connectivity index (χ1) is 22.5. The fourth-order valence-electron chi connectivity index (χ4n) is 5.72. The minimum absolute atomic E-state index is 0.158. The first-order valence-corrected chi connectivity index (χ1v) is 15.2. The Morgan fingerprint density at radius 2 is 1.15 bits per heavy atom. The van der Waals surface area contributed by atoms with Gasteiger partial charge in [-0.15, -0.1) is 0 Å². The summed E-state index contributed by atoms with van der Waals surface area (Å²) in [5.74, 6) is 1.78. The lowest BCUT2D eigenvalue weighted by Gasteiger charge is -2.15. The molecule has 222 valence electrons. The molecule has 2 aromatic heterocycles. The molecule has 46 heavy (non-hydrogen) atoms. The molecule has 7 rings (SSSR count). The molecule has 0 amide bonds. The Labute approximate surface area is 268 Å². The van der Waals surface area contributed by atoms with Crippen LogP contribution in [0.15, 0.2) is 146 Å². The second-order valence-corrected chi connectivity index (χ2v) is 11.2. The van der Waals surface area contributed by atoms with Crippen LogP contribution >= 0.6 is 0 Å². The number of pyridine rings is 1. The SMILES string of the molecule is Cc1cccc(C)c1-c1cc(-c2ccccc2O)nc(-c2cc(Oc3ccccn3)cc(-c3ccc(-c4ccccc4)cc3)c2)n1. The molecule has 0 bridgehead atoms. The number of hydrogen-bond acceptors (Lipinski definition) is 5. The van der Waals surface area contributed by atoms with Gasteiger partial charge in [0.25, 0.3) is 0 Å². The normalized spacial score (nSPS) is 10.9. The first-order valence-electron chi connectivity index (χ1n) is 15.2. The van der Waals surface area contributed by atoms with Crippen LogP contribution < -0.4 is 4.74 Å². The van der Waals surface area contributed by atoms with Crippen molar-refractivity contribution in [3.05, 3.63) is 157 Å². The lowest BCUT2D eigenvalue weighted by Crippen LogP contribution is -1.99. The number of benzene rings is 5. The number of hydrogen-bond donors (Lipinski definition) is 1. The predicted molar refractivity (Wildman–Crippen MR) is 185 cm³/mol. The third kappa shape index (κ3) is 5.99. The smallest absolute Gasteiger partial charge is 0.219 e. The summed E-state index contributed by atoms with van der Waals surface area (Å²) in [6, 6.07) is 45.9. The summed E-state index contributed by atoms with van der Waals surface area (Å²) in [7, 11) is 0. The fourth-order valence-corrected chi connectivity index (χ4v) is 5.72. The van der Waals surface area contributed by atoms with Crippen LogP contribution in [0.3, 0.4) is 0 Å². The zero-order valence-electron chi connectivity index (χ0n) is 25.6. The molecule has 5 nitrogen and oxygen atoms in total. The Balaban J connectivity index is 1.41. The average Bonchev–Trinajstić information content (AvgIpc) is 3.09. The molecule has 1 N–H and O–H groups in total. The lowest BCUT2D eigenvalue weighted by atomic mass is 9.97. The molecule has 0 fully saturated rings. The highest BCUT2D eigenvalue weighted by Gasteiger charge is 2.17. The van der Waals surface area contributed by atoms with E-state index < -0.39 is 0 Å². The number of rotatable bonds is 7. The first kappa shape index (κ1) is 28.7. The van der Waals surface area contributed by atoms with Gasteiger partial charge in [-0.25, -0.2) is 15.0 Å². The number of para-hydroxylation sites is 1. The zero-order chi connectivity index (χ0) is 31.5. The Morgan fingerprint density at radius 3 is 1.87 bits per heavy atom. The van der Waals surface area contributed by atoms with E-state index in [0.29, 0.717) is 28.7 Å². The Hall–Kier alpha value is -6.07. The lowest BCUT2D eigenvalue weighted by molar-refractivity contribution is 0.463. The second-order valence-electron chi connectivity index (χ2n) is 11.2. The second kappa shape index (κ2) is 12.5. The van der Waals surface area contributed by atoms with Crippen LogP contribution in [0.1, 0.15) is 11.1 Å². The van der Waals surface area contributed by atoms with E-state index in [9.17, 15) is 5.11 Å². The van der Waals surface area contributed by atoms with Crippen LogP contribution in [-0.2, 0) is 0 Å². The Bertz CT molecular complexity index is 2120. The van der Waals surface area contributed by atoms with Crippen molar-refractivity contribution in [3.63, 3.8) is 0 Å². The van der Waals surface area contributed by atoms with Crippen molar-refractivity contribution < 1.29 is 9.84 Å². The van der Waals surface area contributed by atoms with E-state index >= 15 is 0 Å². The molecular formula is C41H31N3O2. The van der Waals surface area contributed by atoms with E-state index in [1.807, 2.05) is 72.8 Å². The van der Waals surface area contributed by atoms with Crippen molar-refractivity contribution in [2.24, 2.45) is 0 Å². The monoisotopic (exact) mass is 597 g/mol. The molecule has 0 radical (unpaired) electrons. The van der Waals surface area contributed by atoms with E-state index in [2.05, 4.69) is 73.4 Å². The maximum Gasteiger partial charge on any atom is 0.219 e. The van der Waals surface area contributed by atoms with E-state index in [0.717, 1.165) is 50.2 Å². The third-order valence-electron chi connectivity index (χ3n) is 7.99. The minimum Gasteiger partial charge on any atom is -0.507 e. The predicted octanol–water partition coefficient (Wildman–Crippen LogP) is 10.3. The average molecular weight is 598 g/mol. The number of aromatic hydroxyl groups is 1. The number of nitrogens with zero attached hydrogens (tertiary/aromatic N) is 3. The zero-order valence-corrected chi connectivity index (χ0v) is 25.6. The van der Waals surface area contributed by atoms with Crippen LogP contribution in [0.2, 0.25) is 0 Å². The summed E-state index contributed by atoms with van der Waals surface area (Å²) in [5.41, 5.74) is 10.4. The Kier molecular flexibility index (Phi) is 7.80.